The van der Waals surface area contributed by atoms with Gasteiger partial charge in [0, 0.05) is 12.2 Å². The molecule has 0 amide bonds. The second-order valence-electron chi connectivity index (χ2n) is 4.87. The van der Waals surface area contributed by atoms with E-state index in [1.54, 1.807) is 0 Å². The highest BCUT2D eigenvalue weighted by Gasteiger charge is 2.13. The van der Waals surface area contributed by atoms with Gasteiger partial charge in [-0.05, 0) is 37.8 Å². The van der Waals surface area contributed by atoms with Gasteiger partial charge in [-0.15, -0.1) is 0 Å². The van der Waals surface area contributed by atoms with Gasteiger partial charge in [0.1, 0.15) is 0 Å². The topological polar surface area (TPSA) is 50.4 Å². The first-order valence-corrected chi connectivity index (χ1v) is 6.37. The highest BCUT2D eigenvalue weighted by Crippen LogP contribution is 2.24. The van der Waals surface area contributed by atoms with Crippen LogP contribution in [0, 0.1) is 12.8 Å². The molecule has 1 fully saturated rings. The summed E-state index contributed by atoms with van der Waals surface area (Å²) in [5, 5.41) is 3.12. The van der Waals surface area contributed by atoms with Gasteiger partial charge in [0.25, 0.3) is 0 Å². The van der Waals surface area contributed by atoms with Gasteiger partial charge in [-0.2, -0.15) is 0 Å². The molecule has 0 heterocycles. The maximum absolute atomic E-state index is 5.86. The molecular formula is C14H21N3. The SMILES string of the molecule is Cc1ccc(NC(N)=NCC2CCCC2)cc1. The van der Waals surface area contributed by atoms with Gasteiger partial charge in [-0.1, -0.05) is 30.5 Å². The van der Waals surface area contributed by atoms with Crippen molar-refractivity contribution in [3.63, 3.8) is 0 Å². The van der Waals surface area contributed by atoms with Gasteiger partial charge in [0.15, 0.2) is 5.96 Å². The number of nitrogens with two attached hydrogens (primary N) is 1. The Hall–Kier alpha value is -1.51. The Morgan fingerprint density at radius 1 is 1.29 bits per heavy atom. The Kier molecular flexibility index (Phi) is 4.02. The number of aliphatic imine (C=N–C) groups is 1. The third-order valence-corrected chi connectivity index (χ3v) is 3.32. The normalized spacial score (nSPS) is 17.4. The van der Waals surface area contributed by atoms with E-state index < -0.39 is 0 Å². The molecule has 0 aromatic heterocycles. The number of rotatable bonds is 3. The van der Waals surface area contributed by atoms with Gasteiger partial charge in [0.2, 0.25) is 0 Å². The van der Waals surface area contributed by atoms with E-state index in [0.717, 1.165) is 18.2 Å². The minimum atomic E-state index is 0.528. The van der Waals surface area contributed by atoms with E-state index in [-0.39, 0.29) is 0 Å². The summed E-state index contributed by atoms with van der Waals surface area (Å²) < 4.78 is 0. The Balaban J connectivity index is 1.84. The molecule has 1 aliphatic carbocycles. The number of hydrogen-bond acceptors (Lipinski definition) is 1. The smallest absolute Gasteiger partial charge is 0.193 e. The van der Waals surface area contributed by atoms with Crippen molar-refractivity contribution in [2.24, 2.45) is 16.6 Å². The third-order valence-electron chi connectivity index (χ3n) is 3.32. The predicted octanol–water partition coefficient (Wildman–Crippen LogP) is 2.91. The summed E-state index contributed by atoms with van der Waals surface area (Å²) in [6.07, 6.45) is 5.32. The summed E-state index contributed by atoms with van der Waals surface area (Å²) in [6, 6.07) is 8.17. The molecular weight excluding hydrogens is 210 g/mol. The Labute approximate surface area is 103 Å². The van der Waals surface area contributed by atoms with Crippen LogP contribution in [0.1, 0.15) is 31.2 Å². The molecule has 1 aromatic carbocycles. The molecule has 2 rings (SSSR count). The number of aryl methyl sites for hydroxylation is 1. The maximum Gasteiger partial charge on any atom is 0.193 e. The lowest BCUT2D eigenvalue weighted by Gasteiger charge is -2.08. The van der Waals surface area contributed by atoms with Crippen molar-refractivity contribution in [1.29, 1.82) is 0 Å². The Bertz CT molecular complexity index is 375. The summed E-state index contributed by atoms with van der Waals surface area (Å²) >= 11 is 0. The zero-order valence-electron chi connectivity index (χ0n) is 10.4. The molecule has 3 N–H and O–H groups in total. The van der Waals surface area contributed by atoms with Crippen molar-refractivity contribution < 1.29 is 0 Å². The number of benzene rings is 1. The van der Waals surface area contributed by atoms with Gasteiger partial charge in [-0.25, -0.2) is 0 Å². The lowest BCUT2D eigenvalue weighted by Crippen LogP contribution is -2.23. The first kappa shape index (κ1) is 12.0. The van der Waals surface area contributed by atoms with E-state index in [1.807, 2.05) is 12.1 Å². The first-order valence-electron chi connectivity index (χ1n) is 6.37. The molecule has 17 heavy (non-hydrogen) atoms. The summed E-state index contributed by atoms with van der Waals surface area (Å²) in [5.41, 5.74) is 8.11. The quantitative estimate of drug-likeness (QED) is 0.620. The van der Waals surface area contributed by atoms with Crippen LogP contribution in [0.3, 0.4) is 0 Å². The molecule has 0 atom stereocenters. The fourth-order valence-corrected chi connectivity index (χ4v) is 2.24. The van der Waals surface area contributed by atoms with E-state index in [0.29, 0.717) is 5.96 Å². The monoisotopic (exact) mass is 231 g/mol. The molecule has 0 spiro atoms. The maximum atomic E-state index is 5.86. The van der Waals surface area contributed by atoms with E-state index in [9.17, 15) is 0 Å². The third kappa shape index (κ3) is 3.77. The summed E-state index contributed by atoms with van der Waals surface area (Å²) in [5.74, 6) is 1.27. The largest absolute Gasteiger partial charge is 0.370 e. The molecule has 92 valence electrons. The molecule has 0 aliphatic heterocycles. The second kappa shape index (κ2) is 5.71. The molecule has 0 radical (unpaired) electrons. The van der Waals surface area contributed by atoms with Crippen molar-refractivity contribution in [3.8, 4) is 0 Å². The average Bonchev–Trinajstić information content (AvgIpc) is 2.83. The molecule has 3 nitrogen and oxygen atoms in total. The van der Waals surface area contributed by atoms with Crippen LogP contribution < -0.4 is 11.1 Å². The number of nitrogens with one attached hydrogen (secondary N) is 1. The van der Waals surface area contributed by atoms with E-state index in [4.69, 9.17) is 5.73 Å². The van der Waals surface area contributed by atoms with Crippen LogP contribution in [-0.2, 0) is 0 Å². The summed E-state index contributed by atoms with van der Waals surface area (Å²) in [6.45, 7) is 2.94. The predicted molar refractivity (Wildman–Crippen MR) is 73.2 cm³/mol. The molecule has 0 saturated heterocycles. The van der Waals surface area contributed by atoms with E-state index in [2.05, 4.69) is 29.4 Å². The van der Waals surface area contributed by atoms with Crippen molar-refractivity contribution in [1.82, 2.24) is 0 Å². The van der Waals surface area contributed by atoms with Crippen LogP contribution in [0.25, 0.3) is 0 Å². The van der Waals surface area contributed by atoms with Crippen LogP contribution in [-0.4, -0.2) is 12.5 Å². The fraction of sp³-hybridized carbons (Fsp3) is 0.500. The molecule has 0 bridgehead atoms. The minimum absolute atomic E-state index is 0.528. The zero-order chi connectivity index (χ0) is 12.1. The number of hydrogen-bond donors (Lipinski definition) is 2. The van der Waals surface area contributed by atoms with Crippen molar-refractivity contribution >= 4 is 11.6 Å². The fourth-order valence-electron chi connectivity index (χ4n) is 2.24. The van der Waals surface area contributed by atoms with E-state index >= 15 is 0 Å². The van der Waals surface area contributed by atoms with Gasteiger partial charge in [-0.3, -0.25) is 4.99 Å². The number of nitrogens with zero attached hydrogens (tertiary/aromatic N) is 1. The van der Waals surface area contributed by atoms with Crippen molar-refractivity contribution in [2.45, 2.75) is 32.6 Å². The van der Waals surface area contributed by atoms with Crippen molar-refractivity contribution in [3.05, 3.63) is 29.8 Å². The lowest BCUT2D eigenvalue weighted by molar-refractivity contribution is 0.563. The lowest BCUT2D eigenvalue weighted by atomic mass is 10.1. The second-order valence-corrected chi connectivity index (χ2v) is 4.87. The molecule has 3 heteroatoms. The van der Waals surface area contributed by atoms with Crippen LogP contribution >= 0.6 is 0 Å². The summed E-state index contributed by atoms with van der Waals surface area (Å²) in [4.78, 5) is 4.41. The van der Waals surface area contributed by atoms with Crippen LogP contribution in [0.4, 0.5) is 5.69 Å². The molecule has 1 aliphatic rings. The Morgan fingerprint density at radius 3 is 2.59 bits per heavy atom. The van der Waals surface area contributed by atoms with Crippen LogP contribution in [0.2, 0.25) is 0 Å². The highest BCUT2D eigenvalue weighted by atomic mass is 15.1. The van der Waals surface area contributed by atoms with Gasteiger partial charge in [0.05, 0.1) is 0 Å². The highest BCUT2D eigenvalue weighted by molar-refractivity contribution is 5.92. The average molecular weight is 231 g/mol. The standard InChI is InChI=1S/C14H21N3/c1-11-6-8-13(9-7-11)17-14(15)16-10-12-4-2-3-5-12/h6-9,12H,2-5,10H2,1H3,(H3,15,16,17). The summed E-state index contributed by atoms with van der Waals surface area (Å²) in [7, 11) is 0. The molecule has 1 aromatic rings. The first-order chi connectivity index (χ1) is 8.24. The van der Waals surface area contributed by atoms with E-state index in [1.165, 1.54) is 31.2 Å². The minimum Gasteiger partial charge on any atom is -0.370 e. The van der Waals surface area contributed by atoms with Gasteiger partial charge >= 0.3 is 0 Å². The molecule has 1 saturated carbocycles. The number of guanidine groups is 1. The Morgan fingerprint density at radius 2 is 1.94 bits per heavy atom. The van der Waals surface area contributed by atoms with Crippen LogP contribution in [0.15, 0.2) is 29.3 Å². The van der Waals surface area contributed by atoms with Gasteiger partial charge < -0.3 is 11.1 Å². The molecule has 0 unspecified atom stereocenters. The number of anilines is 1. The van der Waals surface area contributed by atoms with Crippen molar-refractivity contribution in [2.75, 3.05) is 11.9 Å². The van der Waals surface area contributed by atoms with Crippen LogP contribution in [0.5, 0.6) is 0 Å². The zero-order valence-corrected chi connectivity index (χ0v) is 10.4.